The average Bonchev–Trinajstić information content (AvgIpc) is 2.67. The molecule has 3 amide bonds. The van der Waals surface area contributed by atoms with Crippen molar-refractivity contribution in [1.82, 2.24) is 15.1 Å². The normalized spacial score (nSPS) is 23.5. The lowest BCUT2D eigenvalue weighted by atomic mass is 10.2. The van der Waals surface area contributed by atoms with E-state index in [1.807, 2.05) is 11.8 Å². The van der Waals surface area contributed by atoms with Crippen LogP contribution in [0.3, 0.4) is 0 Å². The molecule has 0 aromatic heterocycles. The Hall–Kier alpha value is -1.14. The van der Waals surface area contributed by atoms with Crippen molar-refractivity contribution in [2.24, 2.45) is 0 Å². The summed E-state index contributed by atoms with van der Waals surface area (Å²) in [7, 11) is 0. The maximum atomic E-state index is 12.0. The number of piperazine rings is 1. The number of amides is 3. The molecule has 2 rings (SSSR count). The summed E-state index contributed by atoms with van der Waals surface area (Å²) < 4.78 is 0. The van der Waals surface area contributed by atoms with E-state index in [0.717, 1.165) is 13.1 Å². The topological polar surface area (TPSA) is 69.7 Å². The maximum Gasteiger partial charge on any atom is 0.229 e. The average molecular weight is 290 g/mol. The number of likely N-dealkylation sites (tertiary alicyclic amines) is 1. The molecule has 0 aromatic rings. The summed E-state index contributed by atoms with van der Waals surface area (Å²) in [5.74, 6) is -0.279. The Kier molecular flexibility index (Phi) is 5.75. The standard InChI is InChI=1S/C12H19N3O3.ClH/c1-9-8-13-5-7-14(9)12(18)4-6-15-10(16)2-3-11(15)17;/h9,13H,2-8H2,1H3;1H/t9-;/m1./s1. The van der Waals surface area contributed by atoms with Gasteiger partial charge in [-0.2, -0.15) is 0 Å². The minimum atomic E-state index is -0.152. The minimum absolute atomic E-state index is 0. The van der Waals surface area contributed by atoms with Crippen molar-refractivity contribution in [2.75, 3.05) is 26.2 Å². The molecule has 2 saturated heterocycles. The van der Waals surface area contributed by atoms with Crippen LogP contribution < -0.4 is 5.32 Å². The Bertz CT molecular complexity index is 359. The maximum absolute atomic E-state index is 12.0. The Morgan fingerprint density at radius 3 is 2.53 bits per heavy atom. The molecular weight excluding hydrogens is 270 g/mol. The molecule has 2 aliphatic rings. The molecule has 1 N–H and O–H groups in total. The van der Waals surface area contributed by atoms with Crippen molar-refractivity contribution >= 4 is 30.1 Å². The first-order chi connectivity index (χ1) is 8.59. The smallest absolute Gasteiger partial charge is 0.229 e. The van der Waals surface area contributed by atoms with Gasteiger partial charge in [-0.05, 0) is 6.92 Å². The van der Waals surface area contributed by atoms with Gasteiger partial charge < -0.3 is 10.2 Å². The molecule has 1 atom stereocenters. The summed E-state index contributed by atoms with van der Waals surface area (Å²) in [6.45, 7) is 4.52. The molecule has 2 heterocycles. The number of imide groups is 1. The fraction of sp³-hybridized carbons (Fsp3) is 0.750. The number of rotatable bonds is 3. The lowest BCUT2D eigenvalue weighted by molar-refractivity contribution is -0.140. The molecule has 6 nitrogen and oxygen atoms in total. The van der Waals surface area contributed by atoms with E-state index in [1.165, 1.54) is 4.90 Å². The highest BCUT2D eigenvalue weighted by Crippen LogP contribution is 2.13. The Labute approximate surface area is 118 Å². The molecule has 0 aliphatic carbocycles. The number of carbonyl (C=O) groups excluding carboxylic acids is 3. The van der Waals surface area contributed by atoms with Gasteiger partial charge in [0.2, 0.25) is 17.7 Å². The minimum Gasteiger partial charge on any atom is -0.337 e. The van der Waals surface area contributed by atoms with Crippen LogP contribution in [0, 0.1) is 0 Å². The number of hydrogen-bond donors (Lipinski definition) is 1. The van der Waals surface area contributed by atoms with Crippen LogP contribution in [0.1, 0.15) is 26.2 Å². The second-order valence-corrected chi connectivity index (χ2v) is 4.83. The van der Waals surface area contributed by atoms with E-state index in [0.29, 0.717) is 6.54 Å². The first kappa shape index (κ1) is 15.9. The van der Waals surface area contributed by atoms with Crippen molar-refractivity contribution in [3.05, 3.63) is 0 Å². The summed E-state index contributed by atoms with van der Waals surface area (Å²) in [4.78, 5) is 37.9. The Morgan fingerprint density at radius 1 is 1.32 bits per heavy atom. The first-order valence-electron chi connectivity index (χ1n) is 6.43. The van der Waals surface area contributed by atoms with Gasteiger partial charge in [-0.1, -0.05) is 0 Å². The highest BCUT2D eigenvalue weighted by molar-refractivity contribution is 6.02. The van der Waals surface area contributed by atoms with Crippen LogP contribution in [0.2, 0.25) is 0 Å². The molecule has 19 heavy (non-hydrogen) atoms. The van der Waals surface area contributed by atoms with Crippen LogP contribution in [0.15, 0.2) is 0 Å². The predicted octanol–water partition coefficient (Wildman–Crippen LogP) is -0.232. The number of halogens is 1. The van der Waals surface area contributed by atoms with Crippen molar-refractivity contribution in [1.29, 1.82) is 0 Å². The molecule has 2 aliphatic heterocycles. The van der Waals surface area contributed by atoms with Crippen LogP contribution >= 0.6 is 12.4 Å². The molecule has 0 aromatic carbocycles. The van der Waals surface area contributed by atoms with Gasteiger partial charge in [0.1, 0.15) is 0 Å². The quantitative estimate of drug-likeness (QED) is 0.729. The molecule has 2 fully saturated rings. The van der Waals surface area contributed by atoms with E-state index in [1.54, 1.807) is 0 Å². The Balaban J connectivity index is 0.00000180. The van der Waals surface area contributed by atoms with Crippen LogP contribution in [-0.4, -0.2) is 59.7 Å². The lowest BCUT2D eigenvalue weighted by Crippen LogP contribution is -2.52. The highest BCUT2D eigenvalue weighted by Gasteiger charge is 2.30. The van der Waals surface area contributed by atoms with Gasteiger partial charge in [0.25, 0.3) is 0 Å². The van der Waals surface area contributed by atoms with Gasteiger partial charge in [0.05, 0.1) is 0 Å². The van der Waals surface area contributed by atoms with E-state index in [4.69, 9.17) is 0 Å². The number of carbonyl (C=O) groups is 3. The first-order valence-corrected chi connectivity index (χ1v) is 6.43. The third kappa shape index (κ3) is 3.67. The van der Waals surface area contributed by atoms with Crippen LogP contribution in [0.25, 0.3) is 0 Å². The summed E-state index contributed by atoms with van der Waals surface area (Å²) >= 11 is 0. The molecular formula is C12H20ClN3O3. The zero-order valence-electron chi connectivity index (χ0n) is 11.1. The molecule has 7 heteroatoms. The van der Waals surface area contributed by atoms with Gasteiger partial charge in [-0.3, -0.25) is 19.3 Å². The number of hydrogen-bond acceptors (Lipinski definition) is 4. The van der Waals surface area contributed by atoms with Crippen molar-refractivity contribution in [3.8, 4) is 0 Å². The van der Waals surface area contributed by atoms with E-state index in [2.05, 4.69) is 5.32 Å². The zero-order valence-corrected chi connectivity index (χ0v) is 11.9. The third-order valence-electron chi connectivity index (χ3n) is 3.53. The second-order valence-electron chi connectivity index (χ2n) is 4.83. The lowest BCUT2D eigenvalue weighted by Gasteiger charge is -2.34. The largest absolute Gasteiger partial charge is 0.337 e. The number of nitrogens with one attached hydrogen (secondary N) is 1. The fourth-order valence-corrected chi connectivity index (χ4v) is 2.43. The summed E-state index contributed by atoms with van der Waals surface area (Å²) in [5, 5.41) is 3.22. The molecule has 0 unspecified atom stereocenters. The fourth-order valence-electron chi connectivity index (χ4n) is 2.43. The van der Waals surface area contributed by atoms with E-state index in [9.17, 15) is 14.4 Å². The van der Waals surface area contributed by atoms with Crippen molar-refractivity contribution in [2.45, 2.75) is 32.2 Å². The molecule has 0 bridgehead atoms. The van der Waals surface area contributed by atoms with Gasteiger partial charge in [0.15, 0.2) is 0 Å². The van der Waals surface area contributed by atoms with Gasteiger partial charge in [0, 0.05) is 51.5 Å². The van der Waals surface area contributed by atoms with E-state index < -0.39 is 0 Å². The van der Waals surface area contributed by atoms with Crippen molar-refractivity contribution < 1.29 is 14.4 Å². The van der Waals surface area contributed by atoms with Gasteiger partial charge >= 0.3 is 0 Å². The van der Waals surface area contributed by atoms with E-state index >= 15 is 0 Å². The van der Waals surface area contributed by atoms with Crippen LogP contribution in [0.5, 0.6) is 0 Å². The van der Waals surface area contributed by atoms with E-state index in [-0.39, 0.29) is 62.0 Å². The SMILES string of the molecule is C[C@@H]1CNCCN1C(=O)CCN1C(=O)CCC1=O.Cl. The molecule has 108 valence electrons. The van der Waals surface area contributed by atoms with Gasteiger partial charge in [-0.25, -0.2) is 0 Å². The van der Waals surface area contributed by atoms with Crippen LogP contribution in [-0.2, 0) is 14.4 Å². The second kappa shape index (κ2) is 6.86. The monoisotopic (exact) mass is 289 g/mol. The molecule has 0 spiro atoms. The third-order valence-corrected chi connectivity index (χ3v) is 3.53. The summed E-state index contributed by atoms with van der Waals surface area (Å²) in [5.41, 5.74) is 0. The summed E-state index contributed by atoms with van der Waals surface area (Å²) in [6.07, 6.45) is 0.815. The van der Waals surface area contributed by atoms with Crippen LogP contribution in [0.4, 0.5) is 0 Å². The highest BCUT2D eigenvalue weighted by atomic mass is 35.5. The zero-order chi connectivity index (χ0) is 13.1. The van der Waals surface area contributed by atoms with Gasteiger partial charge in [-0.15, -0.1) is 12.4 Å². The van der Waals surface area contributed by atoms with Crippen molar-refractivity contribution in [3.63, 3.8) is 0 Å². The predicted molar refractivity (Wildman–Crippen MR) is 71.9 cm³/mol. The summed E-state index contributed by atoms with van der Waals surface area (Å²) in [6, 6.07) is 0.177. The molecule has 0 saturated carbocycles. The number of nitrogens with zero attached hydrogens (tertiary/aromatic N) is 2. The molecule has 0 radical (unpaired) electrons. The Morgan fingerprint density at radius 2 is 1.95 bits per heavy atom.